The molecule has 74 heavy (non-hydrogen) atoms. The predicted molar refractivity (Wildman–Crippen MR) is 308 cm³/mol. The van der Waals surface area contributed by atoms with E-state index in [0.29, 0.717) is 11.1 Å². The molecule has 0 aromatic heterocycles. The lowest BCUT2D eigenvalue weighted by Crippen LogP contribution is -2.10. The van der Waals surface area contributed by atoms with Gasteiger partial charge in [0.2, 0.25) is 0 Å². The van der Waals surface area contributed by atoms with Gasteiger partial charge in [0.1, 0.15) is 23.0 Å². The van der Waals surface area contributed by atoms with Crippen molar-refractivity contribution in [1.82, 2.24) is 0 Å². The molecule has 0 fully saturated rings. The summed E-state index contributed by atoms with van der Waals surface area (Å²) in [5.74, 6) is 1.16. The Morgan fingerprint density at radius 2 is 0.649 bits per heavy atom. The van der Waals surface area contributed by atoms with Gasteiger partial charge in [0.05, 0.1) is 35.7 Å². The molecule has 0 bridgehead atoms. The number of esters is 2. The van der Waals surface area contributed by atoms with E-state index in [1.165, 1.54) is 173 Å². The molecule has 0 heterocycles. The first-order valence-electron chi connectivity index (χ1n) is 28.8. The van der Waals surface area contributed by atoms with Crippen molar-refractivity contribution >= 4 is 35.7 Å². The van der Waals surface area contributed by atoms with Gasteiger partial charge in [-0.05, 0) is 109 Å². The third-order valence-electron chi connectivity index (χ3n) is 13.5. The summed E-state index contributed by atoms with van der Waals surface area (Å²) in [4.78, 5) is 35.3. The number of unbranched alkanes of at least 4 members (excludes halogenated alkanes) is 26. The van der Waals surface area contributed by atoms with E-state index < -0.39 is 11.9 Å². The molecule has 0 amide bonds. The molecule has 5 aromatic carbocycles. The first-order chi connectivity index (χ1) is 36.5. The largest absolute Gasteiger partial charge is 0.494 e. The molecule has 0 aliphatic carbocycles. The molecule has 5 rings (SSSR count). The van der Waals surface area contributed by atoms with Gasteiger partial charge in [0, 0.05) is 18.5 Å². The molecule has 0 aliphatic rings. The van der Waals surface area contributed by atoms with E-state index in [2.05, 4.69) is 23.8 Å². The third kappa shape index (κ3) is 25.8. The number of carbonyl (C=O) groups excluding carboxylic acids is 2. The molecule has 0 saturated carbocycles. The Morgan fingerprint density at radius 1 is 0.351 bits per heavy atom. The van der Waals surface area contributed by atoms with Crippen LogP contribution in [0, 0.1) is 0 Å². The Bertz CT molecular complexity index is 2140. The van der Waals surface area contributed by atoms with Gasteiger partial charge in [-0.3, -0.25) is 9.98 Å². The average Bonchev–Trinajstić information content (AvgIpc) is 3.43. The molecular weight excluding hydrogens is 917 g/mol. The van der Waals surface area contributed by atoms with E-state index in [9.17, 15) is 9.59 Å². The van der Waals surface area contributed by atoms with Crippen LogP contribution < -0.4 is 18.9 Å². The van der Waals surface area contributed by atoms with E-state index in [1.807, 2.05) is 72.8 Å². The van der Waals surface area contributed by atoms with E-state index >= 15 is 0 Å². The van der Waals surface area contributed by atoms with E-state index in [4.69, 9.17) is 18.9 Å². The van der Waals surface area contributed by atoms with Crippen LogP contribution in [0.2, 0.25) is 0 Å². The van der Waals surface area contributed by atoms with Crippen LogP contribution in [0.25, 0.3) is 0 Å². The van der Waals surface area contributed by atoms with Crippen molar-refractivity contribution in [2.45, 2.75) is 194 Å². The van der Waals surface area contributed by atoms with Crippen molar-refractivity contribution in [3.8, 4) is 23.0 Å². The summed E-state index contributed by atoms with van der Waals surface area (Å²) >= 11 is 0. The average molecular weight is 1010 g/mol. The van der Waals surface area contributed by atoms with Gasteiger partial charge in [0.15, 0.2) is 0 Å². The summed E-state index contributed by atoms with van der Waals surface area (Å²) in [6.45, 7) is 6.02. The minimum absolute atomic E-state index is 0.258. The molecule has 0 aliphatic heterocycles. The molecule has 398 valence electrons. The number of ether oxygens (including phenoxy) is 4. The number of carbonyl (C=O) groups is 2. The molecule has 5 aromatic rings. The van der Waals surface area contributed by atoms with Gasteiger partial charge in [-0.2, -0.15) is 0 Å². The highest BCUT2D eigenvalue weighted by Crippen LogP contribution is 2.24. The molecule has 0 unspecified atom stereocenters. The summed E-state index contributed by atoms with van der Waals surface area (Å²) in [6, 6.07) is 36.1. The predicted octanol–water partition coefficient (Wildman–Crippen LogP) is 19.3. The molecule has 0 N–H and O–H groups in total. The number of aliphatic imine (C=N–C) groups is 2. The summed E-state index contributed by atoms with van der Waals surface area (Å²) in [6.07, 6.45) is 41.1. The molecule has 8 heteroatoms. The quantitative estimate of drug-likeness (QED) is 0.0168. The Labute approximate surface area is 445 Å². The first kappa shape index (κ1) is 58.9. The second-order valence-corrected chi connectivity index (χ2v) is 19.9. The Balaban J connectivity index is 0.917. The SMILES string of the molecule is CCCCCCCCCCCCCCCCOc1ccc(N=Cc2ccc(C(=O)Oc3cccc(OC(=O)c4ccc(C=Nc5ccc(OCCCCCCCCCCCCCCCC)cc5)cc4)c3)cc2)cc1. The Morgan fingerprint density at radius 3 is 0.959 bits per heavy atom. The van der Waals surface area contributed by atoms with Crippen LogP contribution in [0.5, 0.6) is 23.0 Å². The highest BCUT2D eigenvalue weighted by Gasteiger charge is 2.13. The fraction of sp³-hybridized carbons (Fsp3) is 0.485. The molecule has 0 atom stereocenters. The maximum atomic E-state index is 13.0. The van der Waals surface area contributed by atoms with Crippen molar-refractivity contribution in [1.29, 1.82) is 0 Å². The Kier molecular flexibility index (Phi) is 30.0. The van der Waals surface area contributed by atoms with Gasteiger partial charge in [-0.25, -0.2) is 9.59 Å². The lowest BCUT2D eigenvalue weighted by molar-refractivity contribution is 0.0732. The van der Waals surface area contributed by atoms with Gasteiger partial charge >= 0.3 is 11.9 Å². The minimum atomic E-state index is -0.529. The van der Waals surface area contributed by atoms with Gasteiger partial charge < -0.3 is 18.9 Å². The van der Waals surface area contributed by atoms with E-state index in [0.717, 1.165) is 60.1 Å². The van der Waals surface area contributed by atoms with Gasteiger partial charge in [-0.1, -0.05) is 211 Å². The summed E-state index contributed by atoms with van der Waals surface area (Å²) < 4.78 is 23.2. The summed E-state index contributed by atoms with van der Waals surface area (Å²) in [5, 5.41) is 0. The topological polar surface area (TPSA) is 95.8 Å². The molecule has 0 radical (unpaired) electrons. The fourth-order valence-corrected chi connectivity index (χ4v) is 8.87. The molecule has 0 spiro atoms. The highest BCUT2D eigenvalue weighted by molar-refractivity contribution is 5.93. The van der Waals surface area contributed by atoms with Crippen LogP contribution in [0.15, 0.2) is 131 Å². The third-order valence-corrected chi connectivity index (χ3v) is 13.5. The lowest BCUT2D eigenvalue weighted by atomic mass is 10.0. The van der Waals surface area contributed by atoms with Crippen molar-refractivity contribution in [3.05, 3.63) is 144 Å². The number of nitrogens with zero attached hydrogens (tertiary/aromatic N) is 2. The summed E-state index contributed by atoms with van der Waals surface area (Å²) in [7, 11) is 0. The standard InChI is InChI=1S/C66H88N2O6/c1-3-5-7-9-11-13-15-17-19-21-23-25-27-29-50-71-61-46-42-59(43-47-61)67-53-55-34-38-57(39-35-55)65(69)73-63-32-31-33-64(52-63)74-66(70)58-40-36-56(37-41-58)54-68-60-44-48-62(49-45-60)72-51-30-28-26-24-22-20-18-16-14-12-10-8-6-4-2/h31-49,52-54H,3-30,50-51H2,1-2H3. The monoisotopic (exact) mass is 1000 g/mol. The first-order valence-corrected chi connectivity index (χ1v) is 28.8. The fourth-order valence-electron chi connectivity index (χ4n) is 8.87. The van der Waals surface area contributed by atoms with Crippen LogP contribution in [-0.2, 0) is 0 Å². The minimum Gasteiger partial charge on any atom is -0.494 e. The smallest absolute Gasteiger partial charge is 0.343 e. The van der Waals surface area contributed by atoms with Crippen LogP contribution in [0.4, 0.5) is 11.4 Å². The van der Waals surface area contributed by atoms with Crippen molar-refractivity contribution < 1.29 is 28.5 Å². The zero-order chi connectivity index (χ0) is 51.9. The number of hydrogen-bond donors (Lipinski definition) is 0. The second-order valence-electron chi connectivity index (χ2n) is 19.9. The van der Waals surface area contributed by atoms with Crippen LogP contribution in [0.1, 0.15) is 225 Å². The van der Waals surface area contributed by atoms with Gasteiger partial charge in [-0.15, -0.1) is 0 Å². The maximum Gasteiger partial charge on any atom is 0.343 e. The maximum absolute atomic E-state index is 13.0. The molecule has 0 saturated heterocycles. The second kappa shape index (κ2) is 37.7. The highest BCUT2D eigenvalue weighted by atomic mass is 16.5. The number of rotatable bonds is 40. The number of hydrogen-bond acceptors (Lipinski definition) is 8. The molecule has 8 nitrogen and oxygen atoms in total. The lowest BCUT2D eigenvalue weighted by Gasteiger charge is -2.08. The normalized spacial score (nSPS) is 11.4. The zero-order valence-corrected chi connectivity index (χ0v) is 45.3. The van der Waals surface area contributed by atoms with Crippen LogP contribution in [-0.4, -0.2) is 37.6 Å². The van der Waals surface area contributed by atoms with Gasteiger partial charge in [0.25, 0.3) is 0 Å². The van der Waals surface area contributed by atoms with Crippen LogP contribution >= 0.6 is 0 Å². The van der Waals surface area contributed by atoms with E-state index in [1.54, 1.807) is 54.9 Å². The summed E-state index contributed by atoms with van der Waals surface area (Å²) in [5.41, 5.74) is 4.07. The van der Waals surface area contributed by atoms with E-state index in [-0.39, 0.29) is 11.5 Å². The van der Waals surface area contributed by atoms with Crippen LogP contribution in [0.3, 0.4) is 0 Å². The number of benzene rings is 5. The van der Waals surface area contributed by atoms with Crippen molar-refractivity contribution in [2.75, 3.05) is 13.2 Å². The van der Waals surface area contributed by atoms with Crippen molar-refractivity contribution in [3.63, 3.8) is 0 Å². The zero-order valence-electron chi connectivity index (χ0n) is 45.3. The Hall–Kier alpha value is -6.02. The molecular formula is C66H88N2O6. The van der Waals surface area contributed by atoms with Crippen molar-refractivity contribution in [2.24, 2.45) is 9.98 Å².